The van der Waals surface area contributed by atoms with E-state index < -0.39 is 0 Å². The molecule has 2 aromatic heterocycles. The molecule has 6 heteroatoms. The summed E-state index contributed by atoms with van der Waals surface area (Å²) in [5, 5.41) is 8.11. The van der Waals surface area contributed by atoms with Gasteiger partial charge in [0.1, 0.15) is 17.3 Å². The van der Waals surface area contributed by atoms with E-state index in [-0.39, 0.29) is 5.82 Å². The molecule has 0 aliphatic heterocycles. The van der Waals surface area contributed by atoms with E-state index in [1.807, 2.05) is 48.8 Å². The van der Waals surface area contributed by atoms with Crippen LogP contribution in [-0.2, 0) is 19.5 Å². The Labute approximate surface area is 181 Å². The molecule has 0 aliphatic carbocycles. The largest absolute Gasteiger partial charge is 0.497 e. The Hall–Kier alpha value is -3.51. The average molecular weight is 417 g/mol. The monoisotopic (exact) mass is 416 g/mol. The van der Waals surface area contributed by atoms with Crippen LogP contribution in [0.15, 0.2) is 73.1 Å². The first kappa shape index (κ1) is 20.8. The van der Waals surface area contributed by atoms with Gasteiger partial charge in [-0.1, -0.05) is 31.2 Å². The van der Waals surface area contributed by atoms with Gasteiger partial charge in [0.25, 0.3) is 0 Å². The molecule has 0 amide bonds. The van der Waals surface area contributed by atoms with Crippen LogP contribution in [0.3, 0.4) is 0 Å². The lowest BCUT2D eigenvalue weighted by Gasteiger charge is -2.07. The minimum atomic E-state index is -0.365. The zero-order valence-corrected chi connectivity index (χ0v) is 17.7. The van der Waals surface area contributed by atoms with Gasteiger partial charge in [0.2, 0.25) is 0 Å². The van der Waals surface area contributed by atoms with Gasteiger partial charge in [-0.3, -0.25) is 4.98 Å². The summed E-state index contributed by atoms with van der Waals surface area (Å²) in [4.78, 5) is 4.49. The fourth-order valence-electron chi connectivity index (χ4n) is 3.39. The van der Waals surface area contributed by atoms with Gasteiger partial charge in [0.15, 0.2) is 0 Å². The molecule has 0 radical (unpaired) electrons. The molecule has 0 saturated heterocycles. The van der Waals surface area contributed by atoms with Crippen LogP contribution < -0.4 is 10.1 Å². The van der Waals surface area contributed by atoms with Crippen molar-refractivity contribution in [1.82, 2.24) is 20.1 Å². The Morgan fingerprint density at radius 2 is 1.87 bits per heavy atom. The number of aromatic nitrogens is 3. The summed E-state index contributed by atoms with van der Waals surface area (Å²) in [7, 11) is 1.52. The van der Waals surface area contributed by atoms with Crippen molar-refractivity contribution in [2.45, 2.75) is 26.4 Å². The number of methoxy groups -OCH3 is 1. The highest BCUT2D eigenvalue weighted by atomic mass is 19.1. The average Bonchev–Trinajstić information content (AvgIpc) is 3.24. The first-order chi connectivity index (χ1) is 15.2. The van der Waals surface area contributed by atoms with Crippen LogP contribution in [0.25, 0.3) is 16.9 Å². The summed E-state index contributed by atoms with van der Waals surface area (Å²) in [6.07, 6.45) is 4.81. The van der Waals surface area contributed by atoms with Crippen molar-refractivity contribution in [3.05, 3.63) is 95.7 Å². The molecule has 0 atom stereocenters. The number of hydrogen-bond acceptors (Lipinski definition) is 4. The third-order valence-electron chi connectivity index (χ3n) is 5.16. The topological polar surface area (TPSA) is 52.0 Å². The maximum absolute atomic E-state index is 14.8. The van der Waals surface area contributed by atoms with Gasteiger partial charge in [0.05, 0.1) is 18.5 Å². The second-order valence-corrected chi connectivity index (χ2v) is 7.24. The number of benzene rings is 2. The summed E-state index contributed by atoms with van der Waals surface area (Å²) >= 11 is 0. The second kappa shape index (κ2) is 9.53. The van der Waals surface area contributed by atoms with Gasteiger partial charge in [-0.05, 0) is 42.3 Å². The van der Waals surface area contributed by atoms with Crippen LogP contribution in [0, 0.1) is 5.82 Å². The zero-order valence-electron chi connectivity index (χ0n) is 17.7. The normalized spacial score (nSPS) is 10.9. The molecule has 0 aliphatic rings. The molecule has 2 heterocycles. The molecule has 0 bridgehead atoms. The zero-order chi connectivity index (χ0) is 21.6. The van der Waals surface area contributed by atoms with Crippen molar-refractivity contribution in [1.29, 1.82) is 0 Å². The van der Waals surface area contributed by atoms with Crippen LogP contribution in [-0.4, -0.2) is 21.9 Å². The molecule has 31 heavy (non-hydrogen) atoms. The number of pyridine rings is 1. The predicted octanol–water partition coefficient (Wildman–Crippen LogP) is 4.93. The summed E-state index contributed by atoms with van der Waals surface area (Å²) in [6.45, 7) is 3.26. The van der Waals surface area contributed by atoms with E-state index in [4.69, 9.17) is 9.84 Å². The molecule has 0 fully saturated rings. The van der Waals surface area contributed by atoms with E-state index in [1.54, 1.807) is 16.8 Å². The van der Waals surface area contributed by atoms with E-state index in [0.29, 0.717) is 30.1 Å². The van der Waals surface area contributed by atoms with Gasteiger partial charge in [-0.15, -0.1) is 0 Å². The Morgan fingerprint density at radius 1 is 1.03 bits per heavy atom. The van der Waals surface area contributed by atoms with Crippen molar-refractivity contribution in [2.24, 2.45) is 0 Å². The first-order valence-corrected chi connectivity index (χ1v) is 10.3. The first-order valence-electron chi connectivity index (χ1n) is 10.3. The lowest BCUT2D eigenvalue weighted by molar-refractivity contribution is 0.411. The van der Waals surface area contributed by atoms with Crippen LogP contribution >= 0.6 is 0 Å². The second-order valence-electron chi connectivity index (χ2n) is 7.24. The van der Waals surface area contributed by atoms with Crippen molar-refractivity contribution >= 4 is 0 Å². The lowest BCUT2D eigenvalue weighted by Crippen LogP contribution is -2.14. The molecule has 158 valence electrons. The fraction of sp³-hybridized carbons (Fsp3) is 0.200. The van der Waals surface area contributed by atoms with Crippen LogP contribution in [0.4, 0.5) is 4.39 Å². The highest BCUT2D eigenvalue weighted by Gasteiger charge is 2.16. The van der Waals surface area contributed by atoms with E-state index in [2.05, 4.69) is 23.3 Å². The van der Waals surface area contributed by atoms with Crippen molar-refractivity contribution in [3.63, 3.8) is 0 Å². The molecule has 1 N–H and O–H groups in total. The molecule has 0 unspecified atom stereocenters. The molecule has 4 rings (SSSR count). The number of nitrogens with one attached hydrogen (secondary N) is 1. The third kappa shape index (κ3) is 4.81. The van der Waals surface area contributed by atoms with Gasteiger partial charge in [0, 0.05) is 42.7 Å². The molecular formula is C25H25FN4O. The van der Waals surface area contributed by atoms with Crippen LogP contribution in [0.2, 0.25) is 0 Å². The van der Waals surface area contributed by atoms with E-state index in [1.165, 1.54) is 18.7 Å². The summed E-state index contributed by atoms with van der Waals surface area (Å²) < 4.78 is 21.7. The van der Waals surface area contributed by atoms with Gasteiger partial charge < -0.3 is 10.1 Å². The Bertz CT molecular complexity index is 1140. The van der Waals surface area contributed by atoms with Crippen LogP contribution in [0.1, 0.15) is 23.7 Å². The van der Waals surface area contributed by atoms with Crippen molar-refractivity contribution < 1.29 is 9.13 Å². The molecule has 2 aromatic carbocycles. The number of ether oxygens (including phenoxy) is 1. The number of para-hydroxylation sites is 1. The Morgan fingerprint density at radius 3 is 2.55 bits per heavy atom. The van der Waals surface area contributed by atoms with Crippen LogP contribution in [0.5, 0.6) is 5.75 Å². The summed E-state index contributed by atoms with van der Waals surface area (Å²) in [5.41, 5.74) is 5.04. The number of nitrogens with zero attached hydrogens (tertiary/aromatic N) is 3. The predicted molar refractivity (Wildman–Crippen MR) is 120 cm³/mol. The maximum Gasteiger partial charge on any atom is 0.136 e. The van der Waals surface area contributed by atoms with Gasteiger partial charge >= 0.3 is 0 Å². The van der Waals surface area contributed by atoms with Crippen molar-refractivity contribution in [2.75, 3.05) is 7.11 Å². The van der Waals surface area contributed by atoms with Gasteiger partial charge in [-0.25, -0.2) is 9.07 Å². The van der Waals surface area contributed by atoms with Crippen molar-refractivity contribution in [3.8, 4) is 22.7 Å². The maximum atomic E-state index is 14.8. The van der Waals surface area contributed by atoms with E-state index in [0.717, 1.165) is 23.4 Å². The summed E-state index contributed by atoms with van der Waals surface area (Å²) in [5.74, 6) is 0.112. The fourth-order valence-corrected chi connectivity index (χ4v) is 3.39. The number of halogens is 1. The SMILES string of the molecule is CCc1ccc(CNCc2cn(-c3ccccc3)nc2-c2ccc(OC)cc2F)nc1. The highest BCUT2D eigenvalue weighted by molar-refractivity contribution is 5.65. The van der Waals surface area contributed by atoms with E-state index >= 15 is 0 Å². The highest BCUT2D eigenvalue weighted by Crippen LogP contribution is 2.29. The Balaban J connectivity index is 1.61. The number of rotatable bonds is 8. The summed E-state index contributed by atoms with van der Waals surface area (Å²) in [6, 6.07) is 18.8. The lowest BCUT2D eigenvalue weighted by atomic mass is 10.1. The molecule has 0 spiro atoms. The number of hydrogen-bond donors (Lipinski definition) is 1. The smallest absolute Gasteiger partial charge is 0.136 e. The molecule has 4 aromatic rings. The minimum absolute atomic E-state index is 0.365. The molecule has 0 saturated carbocycles. The quantitative estimate of drug-likeness (QED) is 0.442. The standard InChI is InChI=1S/C25H25FN4O/c1-3-18-9-10-20(28-14-18)16-27-15-19-17-30(21-7-5-4-6-8-21)29-25(19)23-12-11-22(31-2)13-24(23)26/h4-14,17,27H,3,15-16H2,1-2H3. The van der Waals surface area contributed by atoms with Gasteiger partial charge in [-0.2, -0.15) is 5.10 Å². The minimum Gasteiger partial charge on any atom is -0.497 e. The third-order valence-corrected chi connectivity index (χ3v) is 5.16. The Kier molecular flexibility index (Phi) is 6.38. The number of aryl methyl sites for hydroxylation is 1. The van der Waals surface area contributed by atoms with E-state index in [9.17, 15) is 4.39 Å². The molecular weight excluding hydrogens is 391 g/mol. The molecule has 5 nitrogen and oxygen atoms in total.